The third-order valence-corrected chi connectivity index (χ3v) is 5.87. The summed E-state index contributed by atoms with van der Waals surface area (Å²) in [6.45, 7) is 8.61. The summed E-state index contributed by atoms with van der Waals surface area (Å²) in [5.74, 6) is -2.96. The van der Waals surface area contributed by atoms with Crippen LogP contribution in [0.25, 0.3) is 0 Å². The van der Waals surface area contributed by atoms with E-state index in [1.807, 2.05) is 13.8 Å². The zero-order valence-corrected chi connectivity index (χ0v) is 24.9. The zero-order valence-electron chi connectivity index (χ0n) is 20.9. The molecule has 0 saturated carbocycles. The molecule has 1 N–H and O–H groups in total. The van der Waals surface area contributed by atoms with Gasteiger partial charge in [-0.05, 0) is 51.2 Å². The van der Waals surface area contributed by atoms with Crippen LogP contribution in [0.5, 0.6) is 0 Å². The summed E-state index contributed by atoms with van der Waals surface area (Å²) in [5, 5.41) is 30.6. The summed E-state index contributed by atoms with van der Waals surface area (Å²) < 4.78 is 0. The SMILES string of the molecule is CCCCCCCCCCCC(=O)C(CCCN(CC)CC)(CC(=N)[O-])C(=O)[O-].[Na+].[Na+]. The van der Waals surface area contributed by atoms with Gasteiger partial charge in [0, 0.05) is 6.42 Å². The molecule has 8 heteroatoms. The molecule has 0 aromatic rings. The van der Waals surface area contributed by atoms with Crippen molar-refractivity contribution in [3.63, 3.8) is 0 Å². The van der Waals surface area contributed by atoms with E-state index in [0.29, 0.717) is 19.4 Å². The number of hydrogen-bond donors (Lipinski definition) is 1. The van der Waals surface area contributed by atoms with E-state index in [1.54, 1.807) is 0 Å². The molecule has 6 nitrogen and oxygen atoms in total. The molecule has 0 aromatic carbocycles. The molecule has 0 aliphatic rings. The van der Waals surface area contributed by atoms with E-state index in [0.717, 1.165) is 32.4 Å². The van der Waals surface area contributed by atoms with Gasteiger partial charge in [-0.3, -0.25) is 4.79 Å². The average molecular weight is 457 g/mol. The molecule has 0 saturated heterocycles. The Bertz CT molecular complexity index is 488. The Hall–Kier alpha value is 0.570. The molecule has 0 aliphatic carbocycles. The van der Waals surface area contributed by atoms with Crippen molar-refractivity contribution in [2.45, 2.75) is 104 Å². The number of unbranched alkanes of at least 4 members (excludes halogenated alkanes) is 8. The molecule has 0 radical (unpaired) electrons. The second-order valence-electron chi connectivity index (χ2n) is 8.10. The first-order chi connectivity index (χ1) is 13.8. The fourth-order valence-electron chi connectivity index (χ4n) is 3.87. The Kier molecular flexibility index (Phi) is 26.1. The van der Waals surface area contributed by atoms with Crippen LogP contribution in [0.2, 0.25) is 0 Å². The molecular weight excluding hydrogens is 414 g/mol. The number of nitrogens with one attached hydrogen (secondary N) is 1. The Labute approximate surface area is 234 Å². The Morgan fingerprint density at radius 3 is 1.71 bits per heavy atom. The summed E-state index contributed by atoms with van der Waals surface area (Å²) in [6.07, 6.45) is 10.1. The van der Waals surface area contributed by atoms with Crippen molar-refractivity contribution in [2.75, 3.05) is 19.6 Å². The van der Waals surface area contributed by atoms with Crippen LogP contribution in [0.3, 0.4) is 0 Å². The molecular formula is C23H42N2Na2O4. The predicted molar refractivity (Wildman–Crippen MR) is 114 cm³/mol. The van der Waals surface area contributed by atoms with Crippen molar-refractivity contribution in [3.8, 4) is 0 Å². The predicted octanol–water partition coefficient (Wildman–Crippen LogP) is -2.93. The molecule has 0 spiro atoms. The molecule has 1 atom stereocenters. The molecule has 0 heterocycles. The van der Waals surface area contributed by atoms with Crippen LogP contribution in [-0.4, -0.2) is 42.2 Å². The number of rotatable bonds is 20. The van der Waals surface area contributed by atoms with Crippen molar-refractivity contribution in [1.82, 2.24) is 4.90 Å². The van der Waals surface area contributed by atoms with Crippen molar-refractivity contribution < 1.29 is 78.9 Å². The standard InChI is InChI=1S/C23H44N2O4.2Na/c1-4-7-8-9-10-11-12-13-14-16-20(26)23(22(28)29,19-21(24)27)17-15-18-25(5-2)6-3;;/h4-19H2,1-3H3,(H2,24,27)(H,28,29);;/q;2*+1/p-2. The summed E-state index contributed by atoms with van der Waals surface area (Å²) in [5.41, 5.74) is -1.84. The van der Waals surface area contributed by atoms with Crippen LogP contribution >= 0.6 is 0 Å². The minimum atomic E-state index is -1.84. The zero-order chi connectivity index (χ0) is 22.1. The van der Waals surface area contributed by atoms with Gasteiger partial charge in [0.25, 0.3) is 0 Å². The molecule has 0 aliphatic heterocycles. The first-order valence-electron chi connectivity index (χ1n) is 11.6. The molecule has 0 bridgehead atoms. The van der Waals surface area contributed by atoms with Gasteiger partial charge in [0.15, 0.2) is 0 Å². The van der Waals surface area contributed by atoms with Crippen molar-refractivity contribution in [1.29, 1.82) is 5.41 Å². The fraction of sp³-hybridized carbons (Fsp3) is 0.870. The number of carboxylic acid groups (broad SMARTS) is 1. The van der Waals surface area contributed by atoms with E-state index in [-0.39, 0.29) is 72.0 Å². The van der Waals surface area contributed by atoms with Gasteiger partial charge < -0.3 is 25.3 Å². The van der Waals surface area contributed by atoms with E-state index >= 15 is 0 Å². The van der Waals surface area contributed by atoms with E-state index in [1.165, 1.54) is 32.1 Å². The van der Waals surface area contributed by atoms with E-state index in [9.17, 15) is 19.8 Å². The van der Waals surface area contributed by atoms with Gasteiger partial charge in [-0.15, -0.1) is 0 Å². The molecule has 170 valence electrons. The second-order valence-corrected chi connectivity index (χ2v) is 8.10. The summed E-state index contributed by atoms with van der Waals surface area (Å²) in [7, 11) is 0. The Morgan fingerprint density at radius 1 is 0.806 bits per heavy atom. The van der Waals surface area contributed by atoms with Gasteiger partial charge in [-0.2, -0.15) is 0 Å². The van der Waals surface area contributed by atoms with Crippen molar-refractivity contribution in [3.05, 3.63) is 0 Å². The maximum absolute atomic E-state index is 12.8. The molecule has 0 aromatic heterocycles. The Balaban J connectivity index is -0.00000392. The fourth-order valence-corrected chi connectivity index (χ4v) is 3.87. The number of carbonyl (C=O) groups is 2. The van der Waals surface area contributed by atoms with Crippen LogP contribution in [-0.2, 0) is 9.59 Å². The maximum Gasteiger partial charge on any atom is 1.00 e. The van der Waals surface area contributed by atoms with Gasteiger partial charge in [0.1, 0.15) is 5.78 Å². The molecule has 0 rings (SSSR count). The average Bonchev–Trinajstić information content (AvgIpc) is 2.68. The summed E-state index contributed by atoms with van der Waals surface area (Å²) >= 11 is 0. The normalized spacial score (nSPS) is 12.5. The van der Waals surface area contributed by atoms with Crippen LogP contribution in [0.1, 0.15) is 104 Å². The van der Waals surface area contributed by atoms with Crippen LogP contribution in [0.4, 0.5) is 0 Å². The summed E-state index contributed by atoms with van der Waals surface area (Å²) in [4.78, 5) is 26.8. The van der Waals surface area contributed by atoms with E-state index in [4.69, 9.17) is 5.41 Å². The van der Waals surface area contributed by atoms with E-state index in [2.05, 4.69) is 11.8 Å². The number of carboxylic acids is 1. The number of ketones is 1. The Morgan fingerprint density at radius 2 is 1.29 bits per heavy atom. The monoisotopic (exact) mass is 456 g/mol. The van der Waals surface area contributed by atoms with Gasteiger partial charge in [0.05, 0.1) is 11.4 Å². The number of hydrogen-bond acceptors (Lipinski definition) is 6. The summed E-state index contributed by atoms with van der Waals surface area (Å²) in [6, 6.07) is 0. The molecule has 1 unspecified atom stereocenters. The largest absolute Gasteiger partial charge is 1.00 e. The van der Waals surface area contributed by atoms with Gasteiger partial charge in [0.2, 0.25) is 0 Å². The van der Waals surface area contributed by atoms with Crippen LogP contribution < -0.4 is 69.3 Å². The number of aliphatic carboxylic acids is 1. The number of Topliss-reactive ketones (excluding diaryl/α,β-unsaturated/α-hetero) is 1. The topological polar surface area (TPSA) is 107 Å². The smallest absolute Gasteiger partial charge is 0.862 e. The van der Waals surface area contributed by atoms with Crippen LogP contribution in [0, 0.1) is 10.8 Å². The minimum absolute atomic E-state index is 0. The first-order valence-corrected chi connectivity index (χ1v) is 11.6. The first kappa shape index (κ1) is 36.1. The van der Waals surface area contributed by atoms with Gasteiger partial charge in [-0.1, -0.05) is 72.1 Å². The molecule has 31 heavy (non-hydrogen) atoms. The van der Waals surface area contributed by atoms with Crippen molar-refractivity contribution >= 4 is 17.7 Å². The van der Waals surface area contributed by atoms with Crippen LogP contribution in [0.15, 0.2) is 0 Å². The van der Waals surface area contributed by atoms with Gasteiger partial charge in [-0.25, -0.2) is 0 Å². The van der Waals surface area contributed by atoms with Crippen molar-refractivity contribution in [2.24, 2.45) is 5.41 Å². The number of carbonyl (C=O) groups excluding carboxylic acids is 2. The van der Waals surface area contributed by atoms with Gasteiger partial charge >= 0.3 is 59.1 Å². The maximum atomic E-state index is 12.8. The number of nitrogens with zero attached hydrogens (tertiary/aromatic N) is 1. The third kappa shape index (κ3) is 15.9. The van der Waals surface area contributed by atoms with E-state index < -0.39 is 29.5 Å². The molecule has 0 amide bonds. The third-order valence-electron chi connectivity index (χ3n) is 5.87. The second kappa shape index (κ2) is 22.4. The minimum Gasteiger partial charge on any atom is -0.862 e. The quantitative estimate of drug-likeness (QED) is 0.0694. The molecule has 0 fully saturated rings.